The van der Waals surface area contributed by atoms with E-state index in [9.17, 15) is 9.90 Å². The summed E-state index contributed by atoms with van der Waals surface area (Å²) < 4.78 is 16.8. The molecule has 4 atom stereocenters. The second kappa shape index (κ2) is 15.2. The average molecular weight is 687 g/mol. The van der Waals surface area contributed by atoms with Gasteiger partial charge in [-0.1, -0.05) is 121 Å². The molecule has 2 N–H and O–H groups in total. The van der Waals surface area contributed by atoms with Crippen molar-refractivity contribution in [2.45, 2.75) is 47.3 Å². The molecule has 5 rings (SSSR count). The lowest BCUT2D eigenvalue weighted by atomic mass is 9.91. The van der Waals surface area contributed by atoms with Gasteiger partial charge < -0.3 is 24.6 Å². The third-order valence-corrected chi connectivity index (χ3v) is 9.41. The van der Waals surface area contributed by atoms with Gasteiger partial charge in [0, 0.05) is 28.7 Å². The topological polar surface area (TPSA) is 77.0 Å². The highest BCUT2D eigenvalue weighted by molar-refractivity contribution is 7.99. The van der Waals surface area contributed by atoms with Gasteiger partial charge in [-0.25, -0.2) is 0 Å². The van der Waals surface area contributed by atoms with Crippen molar-refractivity contribution in [3.8, 4) is 16.9 Å². The summed E-state index contributed by atoms with van der Waals surface area (Å²) in [5, 5.41) is 12.2. The lowest BCUT2D eigenvalue weighted by molar-refractivity contribution is -0.268. The number of nitrogens with one attached hydrogen (secondary N) is 1. The number of alkyl halides is 3. The molecule has 6 nitrogen and oxygen atoms in total. The molecule has 10 heteroatoms. The first-order chi connectivity index (χ1) is 21.7. The molecular formula is C35H34Cl3NO5S. The van der Waals surface area contributed by atoms with Crippen LogP contribution in [0.1, 0.15) is 41.6 Å². The number of halogens is 3. The van der Waals surface area contributed by atoms with Crippen molar-refractivity contribution in [1.29, 1.82) is 0 Å². The van der Waals surface area contributed by atoms with Crippen molar-refractivity contribution in [3.63, 3.8) is 0 Å². The van der Waals surface area contributed by atoms with Gasteiger partial charge in [0.25, 0.3) is 9.70 Å². The Morgan fingerprint density at radius 2 is 1.60 bits per heavy atom. The molecule has 4 aromatic carbocycles. The molecule has 1 amide bonds. The van der Waals surface area contributed by atoms with Crippen molar-refractivity contribution in [2.24, 2.45) is 5.92 Å². The van der Waals surface area contributed by atoms with Crippen LogP contribution >= 0.6 is 46.6 Å². The summed E-state index contributed by atoms with van der Waals surface area (Å²) in [5.74, 6) is 0.938. The van der Waals surface area contributed by atoms with Gasteiger partial charge in [-0.2, -0.15) is 0 Å². The minimum atomic E-state index is -2.01. The van der Waals surface area contributed by atoms with Crippen LogP contribution in [0, 0.1) is 5.92 Å². The molecule has 0 aliphatic carbocycles. The molecule has 0 spiro atoms. The predicted molar refractivity (Wildman–Crippen MR) is 181 cm³/mol. The Labute approximate surface area is 282 Å². The number of aliphatic hydroxyl groups excluding tert-OH is 1. The maximum absolute atomic E-state index is 12.0. The first kappa shape index (κ1) is 33.6. The van der Waals surface area contributed by atoms with Crippen LogP contribution in [0.2, 0.25) is 0 Å². The third-order valence-electron chi connectivity index (χ3n) is 7.75. The number of ether oxygens (including phenoxy) is 3. The molecule has 0 bridgehead atoms. The van der Waals surface area contributed by atoms with Crippen molar-refractivity contribution in [3.05, 3.63) is 119 Å². The lowest BCUT2D eigenvalue weighted by Crippen LogP contribution is -2.38. The van der Waals surface area contributed by atoms with Crippen LogP contribution < -0.4 is 10.1 Å². The first-order valence-electron chi connectivity index (χ1n) is 14.5. The minimum Gasteiger partial charge on any atom is -0.496 e. The van der Waals surface area contributed by atoms with Crippen LogP contribution in [0.3, 0.4) is 0 Å². The fourth-order valence-electron chi connectivity index (χ4n) is 5.20. The summed E-state index contributed by atoms with van der Waals surface area (Å²) in [6, 6.07) is 31.8. The first-order valence-corrected chi connectivity index (χ1v) is 16.6. The number of para-hydroxylation sites is 1. The van der Waals surface area contributed by atoms with E-state index < -0.39 is 16.0 Å². The van der Waals surface area contributed by atoms with E-state index in [1.165, 1.54) is 0 Å². The van der Waals surface area contributed by atoms with Gasteiger partial charge >= 0.3 is 0 Å². The quantitative estimate of drug-likeness (QED) is 0.129. The van der Waals surface area contributed by atoms with Gasteiger partial charge in [-0.15, -0.1) is 11.8 Å². The number of hydrogen-bond acceptors (Lipinski definition) is 6. The molecule has 0 saturated carbocycles. The van der Waals surface area contributed by atoms with Crippen LogP contribution in [0.15, 0.2) is 102 Å². The van der Waals surface area contributed by atoms with Crippen LogP contribution in [0.4, 0.5) is 0 Å². The van der Waals surface area contributed by atoms with Crippen LogP contribution in [0.5, 0.6) is 5.75 Å². The fourth-order valence-corrected chi connectivity index (χ4v) is 6.59. The van der Waals surface area contributed by atoms with E-state index in [-0.39, 0.29) is 31.3 Å². The Balaban J connectivity index is 1.35. The largest absolute Gasteiger partial charge is 0.496 e. The molecule has 45 heavy (non-hydrogen) atoms. The number of thioether (sulfide) groups is 1. The van der Waals surface area contributed by atoms with E-state index in [1.54, 1.807) is 18.9 Å². The van der Waals surface area contributed by atoms with Crippen LogP contribution in [-0.4, -0.2) is 33.8 Å². The number of methoxy groups -OCH3 is 1. The zero-order chi connectivity index (χ0) is 32.0. The molecule has 0 unspecified atom stereocenters. The Kier molecular flexibility index (Phi) is 11.4. The summed E-state index contributed by atoms with van der Waals surface area (Å²) in [4.78, 5) is 13.0. The Hall–Kier alpha value is -2.75. The zero-order valence-electron chi connectivity index (χ0n) is 24.8. The van der Waals surface area contributed by atoms with Crippen molar-refractivity contribution in [2.75, 3.05) is 12.9 Å². The summed E-state index contributed by atoms with van der Waals surface area (Å²) in [6.45, 7) is 2.37. The second-order valence-corrected chi connectivity index (χ2v) is 14.1. The highest BCUT2D eigenvalue weighted by Gasteiger charge is 2.38. The number of carbonyl (C=O) groups is 1. The number of rotatable bonds is 10. The Morgan fingerprint density at radius 3 is 2.29 bits per heavy atom. The summed E-state index contributed by atoms with van der Waals surface area (Å²) >= 11 is 18.7. The normalized spacial score (nSPS) is 20.0. The molecule has 236 valence electrons. The number of hydrogen-bond donors (Lipinski definition) is 2. The van der Waals surface area contributed by atoms with E-state index in [2.05, 4.69) is 18.3 Å². The molecule has 0 radical (unpaired) electrons. The fraction of sp³-hybridized carbons (Fsp3) is 0.286. The molecule has 1 heterocycles. The lowest BCUT2D eigenvalue weighted by Gasteiger charge is -2.41. The average Bonchev–Trinajstić information content (AvgIpc) is 3.06. The standard InChI is InChI=1S/C35H34Cl3NO5S/c1-22-30(21-45-31-9-4-3-8-29(31)42-2)43-33(44-32(22)26-12-10-23(20-40)11-13-26)27-16-14-25(15-17-27)28-7-5-6-24(18-28)19-39-34(41)35(36,37)38/h3-18,22,30,32-33,40H,19-21H2,1-2H3,(H,39,41)/t22-,30+,32+,33+/m0/s1. The van der Waals surface area contributed by atoms with Crippen molar-refractivity contribution < 1.29 is 24.1 Å². The van der Waals surface area contributed by atoms with Crippen molar-refractivity contribution >= 4 is 52.5 Å². The SMILES string of the molecule is COc1ccccc1SC[C@H]1O[C@@H](c2ccc(-c3cccc(CNC(=O)C(Cl)(Cl)Cl)c3)cc2)O[C@@H](c2ccc(CO)cc2)[C@H]1C. The maximum atomic E-state index is 12.0. The van der Waals surface area contributed by atoms with Crippen LogP contribution in [-0.2, 0) is 27.4 Å². The van der Waals surface area contributed by atoms with Crippen LogP contribution in [0.25, 0.3) is 11.1 Å². The minimum absolute atomic E-state index is 0.00980. The molecule has 1 saturated heterocycles. The summed E-state index contributed by atoms with van der Waals surface area (Å²) in [6.07, 6.45) is -0.899. The van der Waals surface area contributed by atoms with E-state index in [4.69, 9.17) is 49.0 Å². The molecule has 4 aromatic rings. The highest BCUT2D eigenvalue weighted by Crippen LogP contribution is 2.44. The Bertz CT molecular complexity index is 1580. The number of aliphatic hydroxyl groups is 1. The van der Waals surface area contributed by atoms with Gasteiger partial charge in [0.2, 0.25) is 0 Å². The molecular weight excluding hydrogens is 653 g/mol. The second-order valence-electron chi connectivity index (χ2n) is 10.8. The molecule has 1 aliphatic heterocycles. The number of benzene rings is 4. The van der Waals surface area contributed by atoms with E-state index >= 15 is 0 Å². The van der Waals surface area contributed by atoms with E-state index in [0.717, 1.165) is 44.0 Å². The maximum Gasteiger partial charge on any atom is 0.272 e. The predicted octanol–water partition coefficient (Wildman–Crippen LogP) is 8.42. The van der Waals surface area contributed by atoms with Gasteiger partial charge in [0.15, 0.2) is 6.29 Å². The van der Waals surface area contributed by atoms with E-state index in [0.29, 0.717) is 5.75 Å². The number of carbonyl (C=O) groups excluding carboxylic acids is 1. The highest BCUT2D eigenvalue weighted by atomic mass is 35.6. The van der Waals surface area contributed by atoms with Gasteiger partial charge in [-0.05, 0) is 46.0 Å². The van der Waals surface area contributed by atoms with Gasteiger partial charge in [0.1, 0.15) is 5.75 Å². The summed E-state index contributed by atoms with van der Waals surface area (Å²) in [7, 11) is 1.68. The monoisotopic (exact) mass is 685 g/mol. The van der Waals surface area contributed by atoms with Crippen molar-refractivity contribution in [1.82, 2.24) is 5.32 Å². The Morgan fingerprint density at radius 1 is 0.889 bits per heavy atom. The van der Waals surface area contributed by atoms with Gasteiger partial charge in [0.05, 0.1) is 25.9 Å². The van der Waals surface area contributed by atoms with E-state index in [1.807, 2.05) is 91.0 Å². The molecule has 1 fully saturated rings. The van der Waals surface area contributed by atoms with Gasteiger partial charge in [-0.3, -0.25) is 4.79 Å². The molecule has 1 aliphatic rings. The number of amides is 1. The smallest absolute Gasteiger partial charge is 0.272 e. The zero-order valence-corrected chi connectivity index (χ0v) is 27.9. The third kappa shape index (κ3) is 8.54. The summed E-state index contributed by atoms with van der Waals surface area (Å²) in [5.41, 5.74) is 5.64. The molecule has 0 aromatic heterocycles.